The van der Waals surface area contributed by atoms with Crippen molar-refractivity contribution in [3.05, 3.63) is 47.5 Å². The van der Waals surface area contributed by atoms with Gasteiger partial charge in [-0.2, -0.15) is 5.10 Å². The summed E-state index contributed by atoms with van der Waals surface area (Å²) in [4.78, 5) is 18.1. The van der Waals surface area contributed by atoms with Gasteiger partial charge < -0.3 is 10.2 Å². The van der Waals surface area contributed by atoms with Crippen LogP contribution in [0.3, 0.4) is 0 Å². The lowest BCUT2D eigenvalue weighted by Crippen LogP contribution is -2.38. The Labute approximate surface area is 135 Å². The summed E-state index contributed by atoms with van der Waals surface area (Å²) in [5.74, 6) is -0.107. The normalized spacial score (nSPS) is 13.9. The van der Waals surface area contributed by atoms with Crippen molar-refractivity contribution < 1.29 is 4.79 Å². The summed E-state index contributed by atoms with van der Waals surface area (Å²) in [5.41, 5.74) is 0.989. The standard InChI is InChI=1S/C15H20ClN5O/c1-11(21-10-17-9-19-21)15(22)18-8-14(20(2)3)12-6-4-5-7-13(12)16/h4-7,9-11,14H,8H2,1-3H3,(H,18,22)/t11-,14+/m0/s1. The summed E-state index contributed by atoms with van der Waals surface area (Å²) in [6, 6.07) is 7.26. The van der Waals surface area contributed by atoms with Crippen molar-refractivity contribution in [3.63, 3.8) is 0 Å². The van der Waals surface area contributed by atoms with Crippen molar-refractivity contribution >= 4 is 17.5 Å². The van der Waals surface area contributed by atoms with Gasteiger partial charge >= 0.3 is 0 Å². The topological polar surface area (TPSA) is 63.1 Å². The summed E-state index contributed by atoms with van der Waals surface area (Å²) < 4.78 is 1.52. The largest absolute Gasteiger partial charge is 0.352 e. The van der Waals surface area contributed by atoms with E-state index < -0.39 is 6.04 Å². The Kier molecular flexibility index (Phi) is 5.51. The maximum absolute atomic E-state index is 12.2. The molecule has 0 fully saturated rings. The van der Waals surface area contributed by atoms with Gasteiger partial charge in [-0.15, -0.1) is 0 Å². The molecular formula is C15H20ClN5O. The number of carbonyl (C=O) groups is 1. The number of aromatic nitrogens is 3. The third kappa shape index (κ3) is 3.84. The number of hydrogen-bond donors (Lipinski definition) is 1. The predicted molar refractivity (Wildman–Crippen MR) is 85.6 cm³/mol. The zero-order valence-corrected chi connectivity index (χ0v) is 13.7. The predicted octanol–water partition coefficient (Wildman–Crippen LogP) is 1.91. The van der Waals surface area contributed by atoms with Crippen LogP contribution < -0.4 is 5.32 Å². The Morgan fingerprint density at radius 3 is 2.73 bits per heavy atom. The van der Waals surface area contributed by atoms with E-state index in [1.54, 1.807) is 6.92 Å². The molecule has 118 valence electrons. The summed E-state index contributed by atoms with van der Waals surface area (Å²) in [5, 5.41) is 7.63. The lowest BCUT2D eigenvalue weighted by atomic mass is 10.1. The van der Waals surface area contributed by atoms with Crippen LogP contribution in [0.25, 0.3) is 0 Å². The van der Waals surface area contributed by atoms with Gasteiger partial charge in [0.05, 0.1) is 6.04 Å². The van der Waals surface area contributed by atoms with E-state index in [4.69, 9.17) is 11.6 Å². The van der Waals surface area contributed by atoms with Crippen molar-refractivity contribution in [2.75, 3.05) is 20.6 Å². The number of amides is 1. The highest BCUT2D eigenvalue weighted by atomic mass is 35.5. The summed E-state index contributed by atoms with van der Waals surface area (Å²) in [6.07, 6.45) is 2.94. The van der Waals surface area contributed by atoms with Crippen LogP contribution in [0.2, 0.25) is 5.02 Å². The lowest BCUT2D eigenvalue weighted by Gasteiger charge is -2.26. The second-order valence-corrected chi connectivity index (χ2v) is 5.70. The van der Waals surface area contributed by atoms with Gasteiger partial charge in [0.15, 0.2) is 0 Å². The molecule has 1 aromatic carbocycles. The molecule has 0 saturated heterocycles. The minimum absolute atomic E-state index is 0.000552. The molecule has 1 heterocycles. The second-order valence-electron chi connectivity index (χ2n) is 5.30. The van der Waals surface area contributed by atoms with E-state index in [1.165, 1.54) is 17.3 Å². The van der Waals surface area contributed by atoms with Gasteiger partial charge in [-0.05, 0) is 32.6 Å². The number of carbonyl (C=O) groups excluding carboxylic acids is 1. The molecule has 0 bridgehead atoms. The number of halogens is 1. The molecule has 1 amide bonds. The molecule has 22 heavy (non-hydrogen) atoms. The Hall–Kier alpha value is -1.92. The zero-order valence-electron chi connectivity index (χ0n) is 12.9. The molecule has 7 heteroatoms. The molecule has 1 N–H and O–H groups in total. The van der Waals surface area contributed by atoms with Crippen LogP contribution in [-0.4, -0.2) is 46.2 Å². The maximum atomic E-state index is 12.2. The van der Waals surface area contributed by atoms with Crippen LogP contribution in [0.1, 0.15) is 24.6 Å². The summed E-state index contributed by atoms with van der Waals surface area (Å²) >= 11 is 6.26. The monoisotopic (exact) mass is 321 g/mol. The fraction of sp³-hybridized carbons (Fsp3) is 0.400. The van der Waals surface area contributed by atoms with Crippen LogP contribution in [0.5, 0.6) is 0 Å². The van der Waals surface area contributed by atoms with E-state index >= 15 is 0 Å². The minimum atomic E-state index is -0.406. The smallest absolute Gasteiger partial charge is 0.244 e. The van der Waals surface area contributed by atoms with Gasteiger partial charge in [0.1, 0.15) is 18.7 Å². The number of hydrogen-bond acceptors (Lipinski definition) is 4. The lowest BCUT2D eigenvalue weighted by molar-refractivity contribution is -0.124. The average Bonchev–Trinajstić information content (AvgIpc) is 3.02. The second kappa shape index (κ2) is 7.38. The fourth-order valence-corrected chi connectivity index (χ4v) is 2.46. The molecule has 0 aliphatic rings. The Balaban J connectivity index is 2.04. The molecule has 0 spiro atoms. The number of likely N-dealkylation sites (N-methyl/N-ethyl adjacent to an activating group) is 1. The van der Waals surface area contributed by atoms with Crippen LogP contribution >= 0.6 is 11.6 Å². The molecule has 0 radical (unpaired) electrons. The van der Waals surface area contributed by atoms with Gasteiger partial charge in [-0.25, -0.2) is 9.67 Å². The fourth-order valence-electron chi connectivity index (χ4n) is 2.20. The molecule has 1 aromatic heterocycles. The Morgan fingerprint density at radius 1 is 1.41 bits per heavy atom. The molecule has 2 rings (SSSR count). The highest BCUT2D eigenvalue weighted by Crippen LogP contribution is 2.25. The Morgan fingerprint density at radius 2 is 2.14 bits per heavy atom. The number of rotatable bonds is 6. The molecule has 0 aliphatic carbocycles. The van der Waals surface area contributed by atoms with E-state index in [-0.39, 0.29) is 11.9 Å². The Bertz CT molecular complexity index is 614. The third-order valence-electron chi connectivity index (χ3n) is 3.57. The van der Waals surface area contributed by atoms with Crippen LogP contribution in [0.4, 0.5) is 0 Å². The van der Waals surface area contributed by atoms with Crippen LogP contribution in [0, 0.1) is 0 Å². The van der Waals surface area contributed by atoms with Crippen molar-refractivity contribution in [2.24, 2.45) is 0 Å². The van der Waals surface area contributed by atoms with E-state index in [1.807, 2.05) is 43.3 Å². The maximum Gasteiger partial charge on any atom is 0.244 e. The van der Waals surface area contributed by atoms with Crippen molar-refractivity contribution in [3.8, 4) is 0 Å². The van der Waals surface area contributed by atoms with Gasteiger partial charge in [0, 0.05) is 11.6 Å². The number of benzene rings is 1. The highest BCUT2D eigenvalue weighted by molar-refractivity contribution is 6.31. The van der Waals surface area contributed by atoms with Crippen molar-refractivity contribution in [1.82, 2.24) is 25.0 Å². The summed E-state index contributed by atoms with van der Waals surface area (Å²) in [6.45, 7) is 2.25. The van der Waals surface area contributed by atoms with E-state index in [2.05, 4.69) is 15.4 Å². The van der Waals surface area contributed by atoms with Gasteiger partial charge in [-0.3, -0.25) is 4.79 Å². The molecule has 0 saturated carbocycles. The van der Waals surface area contributed by atoms with Gasteiger partial charge in [-0.1, -0.05) is 29.8 Å². The third-order valence-corrected chi connectivity index (χ3v) is 3.91. The van der Waals surface area contributed by atoms with Crippen molar-refractivity contribution in [1.29, 1.82) is 0 Å². The van der Waals surface area contributed by atoms with E-state index in [9.17, 15) is 4.79 Å². The number of nitrogens with zero attached hydrogens (tertiary/aromatic N) is 4. The first-order valence-electron chi connectivity index (χ1n) is 7.03. The zero-order chi connectivity index (χ0) is 16.1. The average molecular weight is 322 g/mol. The molecule has 2 aromatic rings. The molecule has 2 atom stereocenters. The van der Waals surface area contributed by atoms with Crippen LogP contribution in [0.15, 0.2) is 36.9 Å². The van der Waals surface area contributed by atoms with E-state index in [0.717, 1.165) is 5.56 Å². The van der Waals surface area contributed by atoms with E-state index in [0.29, 0.717) is 11.6 Å². The molecular weight excluding hydrogens is 302 g/mol. The quantitative estimate of drug-likeness (QED) is 0.883. The SMILES string of the molecule is C[C@@H](C(=O)NC[C@H](c1ccccc1Cl)N(C)C)n1cncn1. The molecule has 0 unspecified atom stereocenters. The first-order chi connectivity index (χ1) is 10.5. The first kappa shape index (κ1) is 16.5. The molecule has 6 nitrogen and oxygen atoms in total. The summed E-state index contributed by atoms with van der Waals surface area (Å²) in [7, 11) is 3.92. The van der Waals surface area contributed by atoms with Crippen molar-refractivity contribution in [2.45, 2.75) is 19.0 Å². The first-order valence-corrected chi connectivity index (χ1v) is 7.41. The van der Waals surface area contributed by atoms with Gasteiger partial charge in [0.25, 0.3) is 0 Å². The van der Waals surface area contributed by atoms with Crippen LogP contribution in [-0.2, 0) is 4.79 Å². The number of nitrogens with one attached hydrogen (secondary N) is 1. The van der Waals surface area contributed by atoms with Gasteiger partial charge in [0.2, 0.25) is 5.91 Å². The molecule has 0 aliphatic heterocycles. The highest BCUT2D eigenvalue weighted by Gasteiger charge is 2.20. The minimum Gasteiger partial charge on any atom is -0.352 e.